The highest BCUT2D eigenvalue weighted by molar-refractivity contribution is 7.09. The van der Waals surface area contributed by atoms with Gasteiger partial charge in [0.1, 0.15) is 6.33 Å². The molecule has 0 aliphatic carbocycles. The Morgan fingerprint density at radius 3 is 3.12 bits per heavy atom. The average Bonchev–Trinajstić information content (AvgIpc) is 3.13. The highest BCUT2D eigenvalue weighted by Crippen LogP contribution is 2.25. The molecule has 0 spiro atoms. The standard InChI is InChI=1S/C17H22N4O2S/c1-3-23-17-14-10-21(7-6-15(14)19-11-20-17)12(2)16(22)18-9-13-5-4-8-24-13/h4-5,8,11-12H,3,6-7,9-10H2,1-2H3,(H,18,22). The molecule has 1 unspecified atom stereocenters. The van der Waals surface area contributed by atoms with Crippen LogP contribution in [0.5, 0.6) is 5.88 Å². The summed E-state index contributed by atoms with van der Waals surface area (Å²) < 4.78 is 5.61. The molecule has 24 heavy (non-hydrogen) atoms. The van der Waals surface area contributed by atoms with Crippen LogP contribution >= 0.6 is 11.3 Å². The summed E-state index contributed by atoms with van der Waals surface area (Å²) in [6.07, 6.45) is 2.36. The van der Waals surface area contributed by atoms with Crippen LogP contribution in [0.1, 0.15) is 30.0 Å². The van der Waals surface area contributed by atoms with Crippen molar-refractivity contribution in [2.75, 3.05) is 13.2 Å². The van der Waals surface area contributed by atoms with Crippen molar-refractivity contribution in [1.82, 2.24) is 20.2 Å². The summed E-state index contributed by atoms with van der Waals surface area (Å²) in [5.41, 5.74) is 2.03. The second-order valence-electron chi connectivity index (χ2n) is 5.73. The molecule has 0 aromatic carbocycles. The zero-order valence-corrected chi connectivity index (χ0v) is 14.8. The average molecular weight is 346 g/mol. The van der Waals surface area contributed by atoms with Crippen molar-refractivity contribution < 1.29 is 9.53 Å². The Kier molecular flexibility index (Phi) is 5.42. The number of carbonyl (C=O) groups excluding carboxylic acids is 1. The molecular weight excluding hydrogens is 324 g/mol. The fourth-order valence-corrected chi connectivity index (χ4v) is 3.47. The van der Waals surface area contributed by atoms with E-state index in [1.54, 1.807) is 17.7 Å². The van der Waals surface area contributed by atoms with Crippen molar-refractivity contribution in [3.63, 3.8) is 0 Å². The molecule has 1 atom stereocenters. The summed E-state index contributed by atoms with van der Waals surface area (Å²) in [6, 6.07) is 3.82. The van der Waals surface area contributed by atoms with Crippen LogP contribution in [-0.2, 0) is 24.3 Å². The molecule has 7 heteroatoms. The fraction of sp³-hybridized carbons (Fsp3) is 0.471. The maximum atomic E-state index is 12.4. The second-order valence-corrected chi connectivity index (χ2v) is 6.76. The summed E-state index contributed by atoms with van der Waals surface area (Å²) in [5.74, 6) is 0.681. The van der Waals surface area contributed by atoms with Gasteiger partial charge < -0.3 is 10.1 Å². The maximum absolute atomic E-state index is 12.4. The number of amides is 1. The molecule has 1 aliphatic heterocycles. The lowest BCUT2D eigenvalue weighted by molar-refractivity contribution is -0.126. The zero-order chi connectivity index (χ0) is 16.9. The van der Waals surface area contributed by atoms with E-state index in [0.29, 0.717) is 25.6 Å². The molecule has 0 radical (unpaired) electrons. The number of nitrogens with one attached hydrogen (secondary N) is 1. The molecule has 0 saturated carbocycles. The van der Waals surface area contributed by atoms with E-state index in [-0.39, 0.29) is 11.9 Å². The molecular formula is C17H22N4O2S. The third kappa shape index (κ3) is 3.73. The van der Waals surface area contributed by atoms with E-state index in [1.807, 2.05) is 31.4 Å². The minimum atomic E-state index is -0.201. The van der Waals surface area contributed by atoms with E-state index in [9.17, 15) is 4.79 Å². The van der Waals surface area contributed by atoms with Gasteiger partial charge in [-0.15, -0.1) is 11.3 Å². The van der Waals surface area contributed by atoms with Crippen LogP contribution in [0.15, 0.2) is 23.8 Å². The molecule has 0 saturated heterocycles. The van der Waals surface area contributed by atoms with E-state index >= 15 is 0 Å². The van der Waals surface area contributed by atoms with Crippen molar-refractivity contribution in [3.05, 3.63) is 40.0 Å². The first-order chi connectivity index (χ1) is 11.7. The van der Waals surface area contributed by atoms with Gasteiger partial charge in [-0.2, -0.15) is 0 Å². The largest absolute Gasteiger partial charge is 0.478 e. The number of nitrogens with zero attached hydrogens (tertiary/aromatic N) is 3. The molecule has 0 fully saturated rings. The van der Waals surface area contributed by atoms with Gasteiger partial charge in [0.25, 0.3) is 0 Å². The van der Waals surface area contributed by atoms with Gasteiger partial charge in [0, 0.05) is 30.0 Å². The minimum absolute atomic E-state index is 0.0432. The first kappa shape index (κ1) is 16.9. The van der Waals surface area contributed by atoms with Gasteiger partial charge in [0.2, 0.25) is 11.8 Å². The highest BCUT2D eigenvalue weighted by atomic mass is 32.1. The van der Waals surface area contributed by atoms with Gasteiger partial charge in [-0.1, -0.05) is 6.07 Å². The molecule has 1 amide bonds. The van der Waals surface area contributed by atoms with Crippen molar-refractivity contribution in [3.8, 4) is 5.88 Å². The minimum Gasteiger partial charge on any atom is -0.478 e. The predicted octanol–water partition coefficient (Wildman–Crippen LogP) is 2.00. The Morgan fingerprint density at radius 1 is 1.50 bits per heavy atom. The maximum Gasteiger partial charge on any atom is 0.237 e. The molecule has 2 aromatic rings. The smallest absolute Gasteiger partial charge is 0.237 e. The number of aromatic nitrogens is 2. The molecule has 3 heterocycles. The van der Waals surface area contributed by atoms with Crippen LogP contribution in [0.3, 0.4) is 0 Å². The number of rotatable bonds is 6. The van der Waals surface area contributed by atoms with Crippen molar-refractivity contribution in [2.24, 2.45) is 0 Å². The van der Waals surface area contributed by atoms with Crippen LogP contribution in [-0.4, -0.2) is 40.0 Å². The Morgan fingerprint density at radius 2 is 2.38 bits per heavy atom. The van der Waals surface area contributed by atoms with Crippen LogP contribution < -0.4 is 10.1 Å². The van der Waals surface area contributed by atoms with Crippen LogP contribution in [0.2, 0.25) is 0 Å². The van der Waals surface area contributed by atoms with Gasteiger partial charge in [-0.05, 0) is 25.3 Å². The number of ether oxygens (including phenoxy) is 1. The van der Waals surface area contributed by atoms with Gasteiger partial charge in [0.15, 0.2) is 0 Å². The number of fused-ring (bicyclic) bond motifs is 1. The summed E-state index contributed by atoms with van der Waals surface area (Å²) in [6.45, 7) is 6.48. The Hall–Kier alpha value is -1.99. The Bertz CT molecular complexity index is 690. The SMILES string of the molecule is CCOc1ncnc2c1CN(C(C)C(=O)NCc1cccs1)CC2. The molecule has 0 bridgehead atoms. The third-order valence-corrected chi connectivity index (χ3v) is 5.09. The number of carbonyl (C=O) groups is 1. The van der Waals surface area contributed by atoms with E-state index in [1.165, 1.54) is 0 Å². The molecule has 128 valence electrons. The number of thiophene rings is 1. The van der Waals surface area contributed by atoms with Gasteiger partial charge >= 0.3 is 0 Å². The second kappa shape index (κ2) is 7.72. The van der Waals surface area contributed by atoms with Crippen molar-refractivity contribution in [2.45, 2.75) is 39.4 Å². The van der Waals surface area contributed by atoms with Crippen molar-refractivity contribution >= 4 is 17.2 Å². The topological polar surface area (TPSA) is 67.4 Å². The van der Waals surface area contributed by atoms with Gasteiger partial charge in [0.05, 0.1) is 24.9 Å². The third-order valence-electron chi connectivity index (χ3n) is 4.22. The molecule has 3 rings (SSSR count). The highest BCUT2D eigenvalue weighted by Gasteiger charge is 2.28. The number of hydrogen-bond acceptors (Lipinski definition) is 6. The zero-order valence-electron chi connectivity index (χ0n) is 14.0. The Labute approximate surface area is 145 Å². The predicted molar refractivity (Wildman–Crippen MR) is 92.9 cm³/mol. The molecule has 1 aliphatic rings. The monoisotopic (exact) mass is 346 g/mol. The fourth-order valence-electron chi connectivity index (χ4n) is 2.83. The van der Waals surface area contributed by atoms with E-state index in [4.69, 9.17) is 4.74 Å². The van der Waals surface area contributed by atoms with Gasteiger partial charge in [-0.3, -0.25) is 9.69 Å². The summed E-state index contributed by atoms with van der Waals surface area (Å²) >= 11 is 1.65. The first-order valence-electron chi connectivity index (χ1n) is 8.18. The molecule has 2 aromatic heterocycles. The lowest BCUT2D eigenvalue weighted by atomic mass is 10.0. The summed E-state index contributed by atoms with van der Waals surface area (Å²) in [7, 11) is 0. The quantitative estimate of drug-likeness (QED) is 0.866. The normalized spacial score (nSPS) is 15.6. The molecule has 1 N–H and O–H groups in total. The summed E-state index contributed by atoms with van der Waals surface area (Å²) in [5, 5.41) is 5.03. The van der Waals surface area contributed by atoms with Crippen LogP contribution in [0.4, 0.5) is 0 Å². The van der Waals surface area contributed by atoms with E-state index in [2.05, 4.69) is 20.2 Å². The van der Waals surface area contributed by atoms with E-state index < -0.39 is 0 Å². The van der Waals surface area contributed by atoms with Crippen LogP contribution in [0.25, 0.3) is 0 Å². The van der Waals surface area contributed by atoms with Crippen LogP contribution in [0, 0.1) is 0 Å². The number of hydrogen-bond donors (Lipinski definition) is 1. The lowest BCUT2D eigenvalue weighted by Crippen LogP contribution is -2.47. The molecule has 6 nitrogen and oxygen atoms in total. The van der Waals surface area contributed by atoms with E-state index in [0.717, 1.165) is 29.1 Å². The summed E-state index contributed by atoms with van der Waals surface area (Å²) in [4.78, 5) is 24.3. The van der Waals surface area contributed by atoms with Gasteiger partial charge in [-0.25, -0.2) is 9.97 Å². The first-order valence-corrected chi connectivity index (χ1v) is 9.06. The Balaban J connectivity index is 1.64. The van der Waals surface area contributed by atoms with Crippen molar-refractivity contribution in [1.29, 1.82) is 0 Å². The lowest BCUT2D eigenvalue weighted by Gasteiger charge is -2.32.